The number of halogens is 1. The molecule has 3 heteroatoms. The first-order valence-electron chi connectivity index (χ1n) is 6.21. The van der Waals surface area contributed by atoms with Crippen molar-refractivity contribution in [3.8, 4) is 5.75 Å². The number of ether oxygens (including phenoxy) is 1. The van der Waals surface area contributed by atoms with E-state index in [2.05, 4.69) is 26.1 Å². The van der Waals surface area contributed by atoms with Gasteiger partial charge in [0.2, 0.25) is 0 Å². The maximum Gasteiger partial charge on any atom is 0.123 e. The van der Waals surface area contributed by atoms with Crippen molar-refractivity contribution in [1.29, 1.82) is 0 Å². The summed E-state index contributed by atoms with van der Waals surface area (Å²) in [5, 5.41) is 3.44. The van der Waals surface area contributed by atoms with Gasteiger partial charge < -0.3 is 10.1 Å². The molecule has 0 bridgehead atoms. The molecule has 0 heterocycles. The van der Waals surface area contributed by atoms with E-state index >= 15 is 0 Å². The Morgan fingerprint density at radius 1 is 1.18 bits per heavy atom. The van der Waals surface area contributed by atoms with Crippen molar-refractivity contribution in [2.75, 3.05) is 13.2 Å². The van der Waals surface area contributed by atoms with Crippen LogP contribution in [0.3, 0.4) is 0 Å². The molecule has 0 aliphatic heterocycles. The molecule has 0 aromatic heterocycles. The molecule has 2 nitrogen and oxygen atoms in total. The topological polar surface area (TPSA) is 21.3 Å². The molecular formula is C14H22FNO. The fourth-order valence-corrected chi connectivity index (χ4v) is 1.36. The molecule has 1 rings (SSSR count). The third-order valence-electron chi connectivity index (χ3n) is 2.87. The Kier molecular flexibility index (Phi) is 5.98. The third kappa shape index (κ3) is 5.68. The zero-order valence-electron chi connectivity index (χ0n) is 10.9. The molecule has 17 heavy (non-hydrogen) atoms. The number of hydrogen-bond acceptors (Lipinski definition) is 2. The predicted molar refractivity (Wildman–Crippen MR) is 68.8 cm³/mol. The lowest BCUT2D eigenvalue weighted by Gasteiger charge is -2.17. The van der Waals surface area contributed by atoms with Crippen molar-refractivity contribution in [2.45, 2.75) is 33.2 Å². The summed E-state index contributed by atoms with van der Waals surface area (Å²) >= 11 is 0. The van der Waals surface area contributed by atoms with Crippen LogP contribution in [0.2, 0.25) is 0 Å². The Morgan fingerprint density at radius 3 is 2.41 bits per heavy atom. The summed E-state index contributed by atoms with van der Waals surface area (Å²) in [6.45, 7) is 8.19. The fourth-order valence-electron chi connectivity index (χ4n) is 1.36. The highest BCUT2D eigenvalue weighted by molar-refractivity contribution is 5.21. The van der Waals surface area contributed by atoms with E-state index in [1.54, 1.807) is 12.1 Å². The van der Waals surface area contributed by atoms with E-state index in [-0.39, 0.29) is 5.82 Å². The van der Waals surface area contributed by atoms with Crippen molar-refractivity contribution < 1.29 is 9.13 Å². The summed E-state index contributed by atoms with van der Waals surface area (Å²) in [6, 6.07) is 6.66. The van der Waals surface area contributed by atoms with Crippen LogP contribution >= 0.6 is 0 Å². The van der Waals surface area contributed by atoms with Gasteiger partial charge in [-0.15, -0.1) is 0 Å². The maximum absolute atomic E-state index is 12.6. The molecule has 0 aliphatic carbocycles. The number of benzene rings is 1. The molecule has 1 aromatic rings. The molecule has 0 amide bonds. The Hall–Kier alpha value is -1.09. The summed E-state index contributed by atoms with van der Waals surface area (Å²) < 4.78 is 18.1. The second kappa shape index (κ2) is 7.28. The standard InChI is InChI=1S/C14H22FNO/c1-11(2)12(3)16-9-4-10-17-14-7-5-13(15)6-8-14/h5-8,11-12,16H,4,9-10H2,1-3H3. The molecule has 1 atom stereocenters. The van der Waals surface area contributed by atoms with Crippen LogP contribution in [0.5, 0.6) is 5.75 Å². The highest BCUT2D eigenvalue weighted by atomic mass is 19.1. The number of rotatable bonds is 7. The summed E-state index contributed by atoms with van der Waals surface area (Å²) in [5.74, 6) is 1.14. The Morgan fingerprint density at radius 2 is 1.82 bits per heavy atom. The Labute approximate surface area is 103 Å². The van der Waals surface area contributed by atoms with Crippen LogP contribution in [-0.2, 0) is 0 Å². The smallest absolute Gasteiger partial charge is 0.123 e. The van der Waals surface area contributed by atoms with Crippen molar-refractivity contribution >= 4 is 0 Å². The molecule has 0 spiro atoms. The normalized spacial score (nSPS) is 12.8. The monoisotopic (exact) mass is 239 g/mol. The lowest BCUT2D eigenvalue weighted by molar-refractivity contribution is 0.300. The van der Waals surface area contributed by atoms with E-state index < -0.39 is 0 Å². The molecule has 0 saturated carbocycles. The van der Waals surface area contributed by atoms with Crippen LogP contribution in [0.15, 0.2) is 24.3 Å². The van der Waals surface area contributed by atoms with Gasteiger partial charge in [-0.1, -0.05) is 13.8 Å². The van der Waals surface area contributed by atoms with Gasteiger partial charge in [-0.3, -0.25) is 0 Å². The Balaban J connectivity index is 2.10. The second-order valence-corrected chi connectivity index (χ2v) is 4.64. The van der Waals surface area contributed by atoms with Gasteiger partial charge in [-0.2, -0.15) is 0 Å². The molecule has 0 saturated heterocycles. The molecule has 1 N–H and O–H groups in total. The highest BCUT2D eigenvalue weighted by Crippen LogP contribution is 2.11. The van der Waals surface area contributed by atoms with Gasteiger partial charge in [0.1, 0.15) is 11.6 Å². The van der Waals surface area contributed by atoms with Crippen LogP contribution < -0.4 is 10.1 Å². The summed E-state index contributed by atoms with van der Waals surface area (Å²) in [5.41, 5.74) is 0. The largest absolute Gasteiger partial charge is 0.494 e. The van der Waals surface area contributed by atoms with Crippen molar-refractivity contribution in [2.24, 2.45) is 5.92 Å². The zero-order chi connectivity index (χ0) is 12.7. The molecule has 0 aliphatic rings. The lowest BCUT2D eigenvalue weighted by atomic mass is 10.1. The van der Waals surface area contributed by atoms with Crippen LogP contribution in [0.4, 0.5) is 4.39 Å². The zero-order valence-corrected chi connectivity index (χ0v) is 10.9. The van der Waals surface area contributed by atoms with E-state index in [9.17, 15) is 4.39 Å². The van der Waals surface area contributed by atoms with E-state index in [0.717, 1.165) is 18.7 Å². The van der Waals surface area contributed by atoms with Gasteiger partial charge in [0.05, 0.1) is 6.61 Å². The molecule has 1 unspecified atom stereocenters. The minimum atomic E-state index is -0.232. The van der Waals surface area contributed by atoms with Gasteiger partial charge in [0, 0.05) is 6.04 Å². The third-order valence-corrected chi connectivity index (χ3v) is 2.87. The van der Waals surface area contributed by atoms with Crippen LogP contribution in [0.25, 0.3) is 0 Å². The summed E-state index contributed by atoms with van der Waals surface area (Å²) in [4.78, 5) is 0. The average Bonchev–Trinajstić information content (AvgIpc) is 2.30. The molecule has 96 valence electrons. The lowest BCUT2D eigenvalue weighted by Crippen LogP contribution is -2.32. The van der Waals surface area contributed by atoms with Crippen LogP contribution in [0, 0.1) is 11.7 Å². The van der Waals surface area contributed by atoms with Gasteiger partial charge in [-0.05, 0) is 50.1 Å². The average molecular weight is 239 g/mol. The minimum absolute atomic E-state index is 0.232. The number of nitrogens with one attached hydrogen (secondary N) is 1. The quantitative estimate of drug-likeness (QED) is 0.738. The first-order valence-corrected chi connectivity index (χ1v) is 6.21. The van der Waals surface area contributed by atoms with Gasteiger partial charge in [-0.25, -0.2) is 4.39 Å². The van der Waals surface area contributed by atoms with Gasteiger partial charge in [0.15, 0.2) is 0 Å². The van der Waals surface area contributed by atoms with Crippen molar-refractivity contribution in [3.05, 3.63) is 30.1 Å². The van der Waals surface area contributed by atoms with Crippen molar-refractivity contribution in [3.63, 3.8) is 0 Å². The SMILES string of the molecule is CC(C)C(C)NCCCOc1ccc(F)cc1. The molecule has 0 radical (unpaired) electrons. The second-order valence-electron chi connectivity index (χ2n) is 4.64. The maximum atomic E-state index is 12.6. The Bertz CT molecular complexity index is 311. The van der Waals surface area contributed by atoms with Crippen molar-refractivity contribution in [1.82, 2.24) is 5.32 Å². The molecule has 1 aromatic carbocycles. The minimum Gasteiger partial charge on any atom is -0.494 e. The van der Waals surface area contributed by atoms with E-state index in [0.29, 0.717) is 18.6 Å². The van der Waals surface area contributed by atoms with Crippen LogP contribution in [-0.4, -0.2) is 19.2 Å². The van der Waals surface area contributed by atoms with E-state index in [1.807, 2.05) is 0 Å². The number of hydrogen-bond donors (Lipinski definition) is 1. The fraction of sp³-hybridized carbons (Fsp3) is 0.571. The summed E-state index contributed by atoms with van der Waals surface area (Å²) in [7, 11) is 0. The van der Waals surface area contributed by atoms with E-state index in [4.69, 9.17) is 4.74 Å². The highest BCUT2D eigenvalue weighted by Gasteiger charge is 2.04. The van der Waals surface area contributed by atoms with E-state index in [1.165, 1.54) is 12.1 Å². The first kappa shape index (κ1) is 14.0. The first-order chi connectivity index (χ1) is 8.09. The van der Waals surface area contributed by atoms with Gasteiger partial charge >= 0.3 is 0 Å². The summed E-state index contributed by atoms with van der Waals surface area (Å²) in [6.07, 6.45) is 0.953. The molecular weight excluding hydrogens is 217 g/mol. The molecule has 0 fully saturated rings. The predicted octanol–water partition coefficient (Wildman–Crippen LogP) is 3.23. The van der Waals surface area contributed by atoms with Gasteiger partial charge in [0.25, 0.3) is 0 Å². The van der Waals surface area contributed by atoms with Crippen LogP contribution in [0.1, 0.15) is 27.2 Å².